The number of hydrogen-bond donors (Lipinski definition) is 1. The molecule has 1 amide bonds. The van der Waals surface area contributed by atoms with Crippen molar-refractivity contribution in [3.8, 4) is 11.3 Å². The summed E-state index contributed by atoms with van der Waals surface area (Å²) in [5, 5.41) is 5.38. The minimum atomic E-state index is -0.123. The summed E-state index contributed by atoms with van der Waals surface area (Å²) in [6, 6.07) is 3.83. The first kappa shape index (κ1) is 18.5. The third kappa shape index (κ3) is 4.11. The first-order valence-electron chi connectivity index (χ1n) is 8.26. The summed E-state index contributed by atoms with van der Waals surface area (Å²) in [5.41, 5.74) is 2.58. The van der Waals surface area contributed by atoms with Crippen LogP contribution in [0.1, 0.15) is 45.0 Å². The molecule has 0 aliphatic carbocycles. The van der Waals surface area contributed by atoms with Gasteiger partial charge < -0.3 is 9.73 Å². The number of anilines is 1. The molecule has 0 radical (unpaired) electrons. The minimum absolute atomic E-state index is 0.0313. The van der Waals surface area contributed by atoms with Crippen molar-refractivity contribution in [2.45, 2.75) is 40.5 Å². The van der Waals surface area contributed by atoms with Gasteiger partial charge in [0.1, 0.15) is 11.5 Å². The predicted molar refractivity (Wildman–Crippen MR) is 105 cm³/mol. The zero-order valence-corrected chi connectivity index (χ0v) is 16.8. The Morgan fingerprint density at radius 2 is 2.00 bits per heavy atom. The number of ketones is 1. The Morgan fingerprint density at radius 1 is 1.23 bits per heavy atom. The molecule has 0 saturated carbocycles. The van der Waals surface area contributed by atoms with E-state index in [1.165, 1.54) is 28.0 Å². The number of Topliss-reactive ketones (excluding diaryl/α,β-unsaturated/α-hetero) is 1. The smallest absolute Gasteiger partial charge is 0.226 e. The van der Waals surface area contributed by atoms with Gasteiger partial charge in [0.15, 0.2) is 10.9 Å². The average Bonchev–Trinajstić information content (AvgIpc) is 3.24. The second-order valence-electron chi connectivity index (χ2n) is 6.15. The summed E-state index contributed by atoms with van der Waals surface area (Å²) < 4.78 is 5.54. The van der Waals surface area contributed by atoms with Crippen LogP contribution in [0, 0.1) is 20.8 Å². The lowest BCUT2D eigenvalue weighted by atomic mass is 10.1. The first-order valence-corrected chi connectivity index (χ1v) is 9.96. The van der Waals surface area contributed by atoms with Crippen LogP contribution < -0.4 is 5.32 Å². The first-order chi connectivity index (χ1) is 12.3. The molecule has 1 N–H and O–H groups in total. The number of nitrogens with one attached hydrogen (secondary N) is 1. The summed E-state index contributed by atoms with van der Waals surface area (Å²) in [4.78, 5) is 30.6. The number of hydrogen-bond acceptors (Lipinski definition) is 6. The maximum atomic E-state index is 12.2. The van der Waals surface area contributed by atoms with Gasteiger partial charge in [-0.3, -0.25) is 9.59 Å². The largest absolute Gasteiger partial charge is 0.466 e. The molecule has 0 saturated heterocycles. The number of carbonyl (C=O) groups is 2. The summed E-state index contributed by atoms with van der Waals surface area (Å²) in [6.07, 6.45) is 0.719. The van der Waals surface area contributed by atoms with Crippen molar-refractivity contribution in [3.05, 3.63) is 44.4 Å². The Bertz CT molecular complexity index is 966. The summed E-state index contributed by atoms with van der Waals surface area (Å²) >= 11 is 3.16. The monoisotopic (exact) mass is 388 g/mol. The highest BCUT2D eigenvalue weighted by Crippen LogP contribution is 2.32. The summed E-state index contributed by atoms with van der Waals surface area (Å²) in [5.74, 6) is 1.09. The second-order valence-corrected chi connectivity index (χ2v) is 8.47. The SMILES string of the molecule is CC(=O)c1cc(CCC(=O)Nc2nc(-c3cc(C)sc3C)cs2)oc1C. The number of furan rings is 1. The normalized spacial score (nSPS) is 10.9. The van der Waals surface area contributed by atoms with Gasteiger partial charge in [0, 0.05) is 33.5 Å². The van der Waals surface area contributed by atoms with E-state index in [0.717, 1.165) is 11.3 Å². The maximum Gasteiger partial charge on any atom is 0.226 e. The van der Waals surface area contributed by atoms with Gasteiger partial charge in [0.2, 0.25) is 5.91 Å². The van der Waals surface area contributed by atoms with Gasteiger partial charge in [-0.2, -0.15) is 0 Å². The topological polar surface area (TPSA) is 72.2 Å². The van der Waals surface area contributed by atoms with E-state index in [0.29, 0.717) is 28.6 Å². The highest BCUT2D eigenvalue weighted by atomic mass is 32.1. The Labute approximate surface area is 160 Å². The van der Waals surface area contributed by atoms with Crippen molar-refractivity contribution in [1.82, 2.24) is 4.98 Å². The maximum absolute atomic E-state index is 12.2. The Kier molecular flexibility index (Phi) is 5.38. The van der Waals surface area contributed by atoms with Crippen molar-refractivity contribution >= 4 is 39.5 Å². The number of thiazole rings is 1. The number of amides is 1. The Morgan fingerprint density at radius 3 is 2.62 bits per heavy atom. The minimum Gasteiger partial charge on any atom is -0.466 e. The van der Waals surface area contributed by atoms with E-state index in [2.05, 4.69) is 30.2 Å². The van der Waals surface area contributed by atoms with Gasteiger partial charge in [-0.05, 0) is 39.8 Å². The molecule has 3 aromatic heterocycles. The standard InChI is InChI=1S/C19H20N2O3S2/c1-10-7-16(13(4)26-10)17-9-25-19(20-17)21-18(23)6-5-14-8-15(11(2)22)12(3)24-14/h7-9H,5-6H2,1-4H3,(H,20,21,23). The van der Waals surface area contributed by atoms with E-state index in [-0.39, 0.29) is 18.1 Å². The molecule has 26 heavy (non-hydrogen) atoms. The predicted octanol–water partition coefficient (Wildman–Crippen LogP) is 5.16. The van der Waals surface area contributed by atoms with Gasteiger partial charge in [0.05, 0.1) is 11.3 Å². The zero-order valence-electron chi connectivity index (χ0n) is 15.1. The molecule has 0 aliphatic rings. The summed E-state index contributed by atoms with van der Waals surface area (Å²) in [6.45, 7) is 7.41. The molecular weight excluding hydrogens is 368 g/mol. The van der Waals surface area contributed by atoms with E-state index >= 15 is 0 Å². The molecule has 3 rings (SSSR count). The third-order valence-electron chi connectivity index (χ3n) is 4.01. The molecule has 5 nitrogen and oxygen atoms in total. The van der Waals surface area contributed by atoms with E-state index in [1.807, 2.05) is 5.38 Å². The van der Waals surface area contributed by atoms with Crippen LogP contribution in [-0.2, 0) is 11.2 Å². The number of thiophene rings is 1. The average molecular weight is 389 g/mol. The van der Waals surface area contributed by atoms with Crippen molar-refractivity contribution in [3.63, 3.8) is 0 Å². The molecule has 0 unspecified atom stereocenters. The van der Waals surface area contributed by atoms with E-state index in [4.69, 9.17) is 4.42 Å². The number of aryl methyl sites for hydroxylation is 4. The molecule has 136 valence electrons. The van der Waals surface area contributed by atoms with Crippen LogP contribution in [0.2, 0.25) is 0 Å². The van der Waals surface area contributed by atoms with Gasteiger partial charge in [-0.1, -0.05) is 0 Å². The van der Waals surface area contributed by atoms with Crippen LogP contribution in [0.15, 0.2) is 21.9 Å². The highest BCUT2D eigenvalue weighted by molar-refractivity contribution is 7.14. The van der Waals surface area contributed by atoms with Crippen molar-refractivity contribution in [2.75, 3.05) is 5.32 Å². The molecule has 3 aromatic rings. The van der Waals surface area contributed by atoms with Crippen LogP contribution in [-0.4, -0.2) is 16.7 Å². The van der Waals surface area contributed by atoms with Gasteiger partial charge in [-0.15, -0.1) is 22.7 Å². The fraction of sp³-hybridized carbons (Fsp3) is 0.316. The molecule has 0 aromatic carbocycles. The molecule has 0 atom stereocenters. The van der Waals surface area contributed by atoms with Crippen molar-refractivity contribution in [1.29, 1.82) is 0 Å². The Hall–Kier alpha value is -2.25. The number of nitrogens with zero attached hydrogens (tertiary/aromatic N) is 1. The summed E-state index contributed by atoms with van der Waals surface area (Å²) in [7, 11) is 0. The number of aromatic nitrogens is 1. The van der Waals surface area contributed by atoms with Gasteiger partial charge in [0.25, 0.3) is 0 Å². The van der Waals surface area contributed by atoms with Crippen molar-refractivity contribution in [2.24, 2.45) is 0 Å². The molecular formula is C19H20N2O3S2. The lowest BCUT2D eigenvalue weighted by Crippen LogP contribution is -2.11. The fourth-order valence-electron chi connectivity index (χ4n) is 2.77. The lowest BCUT2D eigenvalue weighted by molar-refractivity contribution is -0.116. The highest BCUT2D eigenvalue weighted by Gasteiger charge is 2.14. The van der Waals surface area contributed by atoms with E-state index < -0.39 is 0 Å². The molecule has 0 aliphatic heterocycles. The zero-order chi connectivity index (χ0) is 18.8. The Balaban J connectivity index is 1.60. The molecule has 7 heteroatoms. The van der Waals surface area contributed by atoms with Gasteiger partial charge >= 0.3 is 0 Å². The molecule has 0 bridgehead atoms. The number of rotatable bonds is 6. The second kappa shape index (κ2) is 7.55. The van der Waals surface area contributed by atoms with Crippen LogP contribution in [0.3, 0.4) is 0 Å². The van der Waals surface area contributed by atoms with Crippen LogP contribution >= 0.6 is 22.7 Å². The van der Waals surface area contributed by atoms with E-state index in [1.54, 1.807) is 24.3 Å². The number of carbonyl (C=O) groups excluding carboxylic acids is 2. The van der Waals surface area contributed by atoms with Crippen LogP contribution in [0.25, 0.3) is 11.3 Å². The third-order valence-corrected chi connectivity index (χ3v) is 5.74. The van der Waals surface area contributed by atoms with Crippen molar-refractivity contribution < 1.29 is 14.0 Å². The fourth-order valence-corrected chi connectivity index (χ4v) is 4.43. The molecule has 0 spiro atoms. The molecule has 3 heterocycles. The van der Waals surface area contributed by atoms with Crippen LogP contribution in [0.4, 0.5) is 5.13 Å². The van der Waals surface area contributed by atoms with Crippen LogP contribution in [0.5, 0.6) is 0 Å². The quantitative estimate of drug-likeness (QED) is 0.592. The molecule has 0 fully saturated rings. The van der Waals surface area contributed by atoms with Gasteiger partial charge in [-0.25, -0.2) is 4.98 Å². The lowest BCUT2D eigenvalue weighted by Gasteiger charge is -2.00. The van der Waals surface area contributed by atoms with E-state index in [9.17, 15) is 9.59 Å².